The van der Waals surface area contributed by atoms with Gasteiger partial charge in [-0.25, -0.2) is 9.97 Å². The lowest BCUT2D eigenvalue weighted by atomic mass is 9.74. The predicted molar refractivity (Wildman–Crippen MR) is 82.1 cm³/mol. The van der Waals surface area contributed by atoms with E-state index in [1.807, 2.05) is 4.90 Å². The standard InChI is InChI=1S/C16H23F3N4/c1-22(2)8-11-4-3-5-12-9-23(10-13(11)12)15-20-7-6-14(21-15)16(17,18)19/h6-7,11-13H,3-5,8-10H2,1-2H3/t11-,12+,13-/m0/s1. The van der Waals surface area contributed by atoms with Gasteiger partial charge in [0.15, 0.2) is 0 Å². The molecule has 23 heavy (non-hydrogen) atoms. The van der Waals surface area contributed by atoms with Crippen molar-refractivity contribution in [3.05, 3.63) is 18.0 Å². The Morgan fingerprint density at radius 1 is 1.26 bits per heavy atom. The fourth-order valence-electron chi connectivity index (χ4n) is 4.11. The molecule has 1 aliphatic heterocycles. The molecule has 0 spiro atoms. The molecule has 1 saturated carbocycles. The van der Waals surface area contributed by atoms with E-state index in [9.17, 15) is 13.2 Å². The number of halogens is 3. The lowest BCUT2D eigenvalue weighted by molar-refractivity contribution is -0.141. The summed E-state index contributed by atoms with van der Waals surface area (Å²) in [6.07, 6.45) is 0.361. The normalized spacial score (nSPS) is 28.3. The van der Waals surface area contributed by atoms with E-state index < -0.39 is 11.9 Å². The Kier molecular flexibility index (Phi) is 4.49. The summed E-state index contributed by atoms with van der Waals surface area (Å²) in [6.45, 7) is 2.58. The van der Waals surface area contributed by atoms with Crippen LogP contribution in [-0.4, -0.2) is 48.6 Å². The summed E-state index contributed by atoms with van der Waals surface area (Å²) in [5.74, 6) is 1.91. The van der Waals surface area contributed by atoms with Gasteiger partial charge in [-0.3, -0.25) is 0 Å². The van der Waals surface area contributed by atoms with Crippen LogP contribution in [0.25, 0.3) is 0 Å². The number of alkyl halides is 3. The summed E-state index contributed by atoms with van der Waals surface area (Å²) in [4.78, 5) is 12.0. The molecule has 0 aromatic carbocycles. The molecule has 0 amide bonds. The fraction of sp³-hybridized carbons (Fsp3) is 0.750. The molecule has 7 heteroatoms. The van der Waals surface area contributed by atoms with Gasteiger partial charge in [-0.05, 0) is 50.8 Å². The zero-order valence-electron chi connectivity index (χ0n) is 13.6. The van der Waals surface area contributed by atoms with Crippen molar-refractivity contribution in [2.24, 2.45) is 17.8 Å². The molecule has 3 atom stereocenters. The van der Waals surface area contributed by atoms with Crippen molar-refractivity contribution in [3.63, 3.8) is 0 Å². The molecule has 128 valence electrons. The first-order chi connectivity index (χ1) is 10.8. The SMILES string of the molecule is CN(C)C[C@@H]1CCC[C@@H]2CN(c3nccc(C(F)(F)F)n3)C[C@H]21. The van der Waals surface area contributed by atoms with Crippen LogP contribution in [0.4, 0.5) is 19.1 Å². The highest BCUT2D eigenvalue weighted by Crippen LogP contribution is 2.41. The first kappa shape index (κ1) is 16.5. The number of hydrogen-bond donors (Lipinski definition) is 0. The summed E-state index contributed by atoms with van der Waals surface area (Å²) in [6, 6.07) is 0.932. The highest BCUT2D eigenvalue weighted by Gasteiger charge is 2.41. The number of rotatable bonds is 3. The number of nitrogens with zero attached hydrogens (tertiary/aromatic N) is 4. The first-order valence-electron chi connectivity index (χ1n) is 8.14. The second kappa shape index (κ2) is 6.26. The van der Waals surface area contributed by atoms with E-state index in [2.05, 4.69) is 29.0 Å². The Bertz CT molecular complexity index is 546. The van der Waals surface area contributed by atoms with Crippen molar-refractivity contribution in [1.29, 1.82) is 0 Å². The molecule has 1 aromatic rings. The summed E-state index contributed by atoms with van der Waals surface area (Å²) in [5.41, 5.74) is -0.859. The molecule has 2 heterocycles. The first-order valence-corrected chi connectivity index (χ1v) is 8.14. The second-order valence-electron chi connectivity index (χ2n) is 7.02. The summed E-state index contributed by atoms with van der Waals surface area (Å²) < 4.78 is 38.5. The highest BCUT2D eigenvalue weighted by molar-refractivity contribution is 5.33. The van der Waals surface area contributed by atoms with Gasteiger partial charge in [-0.1, -0.05) is 6.42 Å². The summed E-state index contributed by atoms with van der Waals surface area (Å²) in [5, 5.41) is 0. The van der Waals surface area contributed by atoms with Gasteiger partial charge < -0.3 is 9.80 Å². The van der Waals surface area contributed by atoms with E-state index in [0.717, 1.165) is 32.1 Å². The predicted octanol–water partition coefficient (Wildman–Crippen LogP) is 2.91. The molecule has 0 radical (unpaired) electrons. The molecule has 1 aliphatic carbocycles. The van der Waals surface area contributed by atoms with Crippen LogP contribution in [0, 0.1) is 17.8 Å². The zero-order valence-corrected chi connectivity index (χ0v) is 13.6. The van der Waals surface area contributed by atoms with Crippen LogP contribution in [0.1, 0.15) is 25.0 Å². The van der Waals surface area contributed by atoms with E-state index >= 15 is 0 Å². The molecule has 0 unspecified atom stereocenters. The van der Waals surface area contributed by atoms with Gasteiger partial charge in [-0.2, -0.15) is 13.2 Å². The molecule has 2 aliphatic rings. The van der Waals surface area contributed by atoms with Crippen molar-refractivity contribution in [3.8, 4) is 0 Å². The molecule has 3 rings (SSSR count). The number of fused-ring (bicyclic) bond motifs is 1. The van der Waals surface area contributed by atoms with Crippen LogP contribution in [-0.2, 0) is 6.18 Å². The molecule has 1 aromatic heterocycles. The molecule has 4 nitrogen and oxygen atoms in total. The van der Waals surface area contributed by atoms with E-state index in [1.165, 1.54) is 19.0 Å². The Morgan fingerprint density at radius 2 is 2.04 bits per heavy atom. The van der Waals surface area contributed by atoms with Gasteiger partial charge in [0.05, 0.1) is 0 Å². The van der Waals surface area contributed by atoms with Gasteiger partial charge in [0.2, 0.25) is 5.95 Å². The van der Waals surface area contributed by atoms with Gasteiger partial charge in [0.25, 0.3) is 0 Å². The molecule has 0 bridgehead atoms. The third-order valence-electron chi connectivity index (χ3n) is 5.06. The maximum absolute atomic E-state index is 12.8. The smallest absolute Gasteiger partial charge is 0.340 e. The van der Waals surface area contributed by atoms with Crippen molar-refractivity contribution >= 4 is 5.95 Å². The Balaban J connectivity index is 1.76. The van der Waals surface area contributed by atoms with E-state index in [1.54, 1.807) is 0 Å². The topological polar surface area (TPSA) is 32.3 Å². The maximum Gasteiger partial charge on any atom is 0.433 e. The number of hydrogen-bond acceptors (Lipinski definition) is 4. The molecular weight excluding hydrogens is 305 g/mol. The fourth-order valence-corrected chi connectivity index (χ4v) is 4.11. The van der Waals surface area contributed by atoms with Gasteiger partial charge in [0.1, 0.15) is 5.69 Å². The van der Waals surface area contributed by atoms with Crippen LogP contribution >= 0.6 is 0 Å². The summed E-state index contributed by atoms with van der Waals surface area (Å²) in [7, 11) is 4.15. The van der Waals surface area contributed by atoms with Crippen LogP contribution in [0.5, 0.6) is 0 Å². The van der Waals surface area contributed by atoms with Crippen LogP contribution in [0.3, 0.4) is 0 Å². The molecule has 0 N–H and O–H groups in total. The van der Waals surface area contributed by atoms with Gasteiger partial charge in [-0.15, -0.1) is 0 Å². The Morgan fingerprint density at radius 3 is 2.74 bits per heavy atom. The highest BCUT2D eigenvalue weighted by atomic mass is 19.4. The van der Waals surface area contributed by atoms with Gasteiger partial charge >= 0.3 is 6.18 Å². The summed E-state index contributed by atoms with van der Waals surface area (Å²) >= 11 is 0. The van der Waals surface area contributed by atoms with Crippen LogP contribution in [0.2, 0.25) is 0 Å². The van der Waals surface area contributed by atoms with Crippen LogP contribution < -0.4 is 4.90 Å². The van der Waals surface area contributed by atoms with Crippen molar-refractivity contribution in [1.82, 2.24) is 14.9 Å². The molecule has 2 fully saturated rings. The van der Waals surface area contributed by atoms with Crippen molar-refractivity contribution in [2.75, 3.05) is 38.6 Å². The molecule has 1 saturated heterocycles. The average molecular weight is 328 g/mol. The third-order valence-corrected chi connectivity index (χ3v) is 5.06. The second-order valence-corrected chi connectivity index (χ2v) is 7.02. The minimum absolute atomic E-state index is 0.220. The minimum Gasteiger partial charge on any atom is -0.340 e. The van der Waals surface area contributed by atoms with E-state index in [4.69, 9.17) is 0 Å². The number of aromatic nitrogens is 2. The zero-order chi connectivity index (χ0) is 16.6. The molecular formula is C16H23F3N4. The lowest BCUT2D eigenvalue weighted by Crippen LogP contribution is -2.34. The average Bonchev–Trinajstić information content (AvgIpc) is 2.91. The lowest BCUT2D eigenvalue weighted by Gasteiger charge is -2.34. The van der Waals surface area contributed by atoms with Crippen LogP contribution in [0.15, 0.2) is 12.3 Å². The maximum atomic E-state index is 12.8. The largest absolute Gasteiger partial charge is 0.433 e. The quantitative estimate of drug-likeness (QED) is 0.854. The Labute approximate surface area is 134 Å². The van der Waals surface area contributed by atoms with E-state index in [-0.39, 0.29) is 5.95 Å². The third kappa shape index (κ3) is 3.59. The Hall–Kier alpha value is -1.37. The monoisotopic (exact) mass is 328 g/mol. The van der Waals surface area contributed by atoms with Crippen molar-refractivity contribution in [2.45, 2.75) is 25.4 Å². The van der Waals surface area contributed by atoms with Gasteiger partial charge in [0, 0.05) is 25.8 Å². The van der Waals surface area contributed by atoms with Crippen molar-refractivity contribution < 1.29 is 13.2 Å². The van der Waals surface area contributed by atoms with E-state index in [0.29, 0.717) is 17.8 Å². The minimum atomic E-state index is -4.42. The number of anilines is 1.